The van der Waals surface area contributed by atoms with Crippen molar-refractivity contribution in [1.82, 2.24) is 0 Å². The zero-order valence-corrected chi connectivity index (χ0v) is 58.1. The highest BCUT2D eigenvalue weighted by atomic mass is 16.8. The Morgan fingerprint density at radius 2 is 1.07 bits per heavy atom. The van der Waals surface area contributed by atoms with Crippen molar-refractivity contribution in [3.05, 3.63) is 11.6 Å². The fourth-order valence-corrected chi connectivity index (χ4v) is 19.8. The SMILES string of the molecule is C[C@@H]1O[C@@H](O[C@H]2[C@@H](OC(=O)[C@]34CCC(C)(C)C[C@H]3C3=CC[C@@H]5[C@@]6(C)C[C@H](O)[C@H](O[C@@H]7O[C@H](CO)[C@@H](O)[C@H](O)[C@H]7O)[C@@](C)(CO)[C@@H]6CC[C@@]5(C)[C@]3(C)C[C@H]4O)OC[C@@H](O)[C@@H]2O)[C@H](O)[C@H](O[C@@H]2OC[C@@H](O)[C@H](O[C@@H]3OC[C@](O)(CO)[C@H]3O[C@@H]3OC[C@@H](O)[C@H](O)[C@H]3O)[C@H]2O)[C@H]1O[C@@H]1OC[C@](O)(CO)[C@H]1O. The molecule has 20 N–H and O–H groups in total. The first-order valence-electron chi connectivity index (χ1n) is 35.5. The Kier molecular flexibility index (Phi) is 22.8. The number of ether oxygens (including phenoxy) is 14. The monoisotopic (exact) mass is 1470 g/mol. The van der Waals surface area contributed by atoms with Crippen LogP contribution in [0.25, 0.3) is 0 Å². The van der Waals surface area contributed by atoms with Crippen molar-refractivity contribution in [2.75, 3.05) is 59.5 Å². The van der Waals surface area contributed by atoms with E-state index in [1.807, 2.05) is 0 Å². The van der Waals surface area contributed by atoms with E-state index in [1.165, 1.54) is 6.92 Å². The largest absolute Gasteiger partial charge is 0.432 e. The Bertz CT molecular complexity index is 2940. The minimum Gasteiger partial charge on any atom is -0.432 e. The fraction of sp³-hybridized carbons (Fsp3) is 0.955. The Labute approximate surface area is 588 Å². The smallest absolute Gasteiger partial charge is 0.317 e. The van der Waals surface area contributed by atoms with Crippen LogP contribution >= 0.6 is 0 Å². The van der Waals surface area contributed by atoms with Crippen LogP contribution in [0, 0.1) is 50.2 Å². The minimum absolute atomic E-state index is 0.0571. The van der Waals surface area contributed by atoms with E-state index in [2.05, 4.69) is 40.7 Å². The van der Waals surface area contributed by atoms with Crippen LogP contribution in [-0.2, 0) is 71.1 Å². The van der Waals surface area contributed by atoms with Gasteiger partial charge >= 0.3 is 5.97 Å². The first-order valence-corrected chi connectivity index (χ1v) is 35.5. The maximum Gasteiger partial charge on any atom is 0.317 e. The number of esters is 1. The second kappa shape index (κ2) is 29.3. The molecule has 7 heterocycles. The summed E-state index contributed by atoms with van der Waals surface area (Å²) in [5.41, 5.74) is -8.97. The van der Waals surface area contributed by atoms with Crippen molar-refractivity contribution >= 4 is 5.97 Å². The molecule has 0 spiro atoms. The molecule has 0 aromatic rings. The van der Waals surface area contributed by atoms with Crippen molar-refractivity contribution in [1.29, 1.82) is 0 Å². The van der Waals surface area contributed by atoms with Crippen LogP contribution in [0.5, 0.6) is 0 Å². The van der Waals surface area contributed by atoms with Gasteiger partial charge in [-0.2, -0.15) is 0 Å². The second-order valence-corrected chi connectivity index (χ2v) is 32.8. The van der Waals surface area contributed by atoms with E-state index in [0.29, 0.717) is 32.1 Å². The van der Waals surface area contributed by atoms with Gasteiger partial charge in [0.05, 0.1) is 83.9 Å². The van der Waals surface area contributed by atoms with Crippen LogP contribution in [0.2, 0.25) is 0 Å². The lowest BCUT2D eigenvalue weighted by atomic mass is 9.33. The summed E-state index contributed by atoms with van der Waals surface area (Å²) in [6, 6.07) is 0. The standard InChI is InChI=1S/C67H108O35/c1-26-45(96-57-49(85)65(87,22-70)24-92-57)47(98-53-43(83)46(32(75)20-90-53)97-58-51(66(88,23-71)25-93-58)101-52-41(81)37(77)30(73)18-89-52)44(84)55(94-26)99-48-38(78)31(74)19-91-56(48)102-59(86)67-13-12-60(2,3)14-28(67)27-8-9-35-61(4)15-29(72)50(100-54-42(82)40(80)39(79)33(17-68)95-54)62(5,21-69)34(61)10-11-63(35,6)64(27,7)16-36(67)76/h8,26,28-58,68-85,87-88H,9-25H2,1-7H3/t26-,28-,29-,30+,31+,32+,33+,34+,35+,36+,37-,38-,39+,40-,41+,42+,43+,44+,45-,46-,47-,48+,49-,50-,51-,52-,53-,54-,55-,56+,57-,58-,61-,62-,63+,64+,65+,66+,67+/m0/s1. The molecule has 4 saturated carbocycles. The van der Waals surface area contributed by atoms with Crippen molar-refractivity contribution in [3.63, 3.8) is 0 Å². The minimum atomic E-state index is -2.29. The maximum absolute atomic E-state index is 15.8. The van der Waals surface area contributed by atoms with Crippen molar-refractivity contribution in [2.45, 2.75) is 289 Å². The molecule has 12 aliphatic rings. The summed E-state index contributed by atoms with van der Waals surface area (Å²) in [7, 11) is 0. The lowest BCUT2D eigenvalue weighted by Crippen LogP contribution is -2.70. The molecule has 102 heavy (non-hydrogen) atoms. The highest BCUT2D eigenvalue weighted by Gasteiger charge is 2.74. The molecule has 39 atom stereocenters. The van der Waals surface area contributed by atoms with Gasteiger partial charge in [0.25, 0.3) is 0 Å². The van der Waals surface area contributed by atoms with E-state index in [-0.39, 0.29) is 31.1 Å². The van der Waals surface area contributed by atoms with E-state index in [9.17, 15) is 102 Å². The summed E-state index contributed by atoms with van der Waals surface area (Å²) in [6.45, 7) is 7.40. The van der Waals surface area contributed by atoms with Gasteiger partial charge in [0.15, 0.2) is 43.8 Å². The van der Waals surface area contributed by atoms with Gasteiger partial charge in [0, 0.05) is 5.41 Å². The van der Waals surface area contributed by atoms with Gasteiger partial charge in [-0.15, -0.1) is 0 Å². The Morgan fingerprint density at radius 1 is 0.500 bits per heavy atom. The molecule has 7 saturated heterocycles. The average molecular weight is 1470 g/mol. The van der Waals surface area contributed by atoms with Crippen LogP contribution < -0.4 is 0 Å². The Balaban J connectivity index is 0.793. The predicted octanol–water partition coefficient (Wildman–Crippen LogP) is -7.42. The lowest BCUT2D eigenvalue weighted by molar-refractivity contribution is -0.385. The number of aliphatic hydroxyl groups is 20. The number of fused-ring (bicyclic) bond motifs is 7. The number of aliphatic hydroxyl groups excluding tert-OH is 18. The molecular weight excluding hydrogens is 1360 g/mol. The number of allylic oxidation sites excluding steroid dienone is 2. The van der Waals surface area contributed by atoms with Gasteiger partial charge in [-0.1, -0.05) is 53.2 Å². The Morgan fingerprint density at radius 3 is 1.73 bits per heavy atom. The van der Waals surface area contributed by atoms with E-state index >= 15 is 4.79 Å². The van der Waals surface area contributed by atoms with Gasteiger partial charge in [0.1, 0.15) is 120 Å². The average Bonchev–Trinajstić information content (AvgIpc) is 0.706. The lowest BCUT2D eigenvalue weighted by Gasteiger charge is -2.72. The van der Waals surface area contributed by atoms with Crippen LogP contribution in [0.1, 0.15) is 99.8 Å². The van der Waals surface area contributed by atoms with Gasteiger partial charge in [-0.25, -0.2) is 0 Å². The summed E-state index contributed by atoms with van der Waals surface area (Å²) in [4.78, 5) is 15.8. The molecule has 35 nitrogen and oxygen atoms in total. The first-order chi connectivity index (χ1) is 47.9. The highest BCUT2D eigenvalue weighted by Crippen LogP contribution is 2.76. The molecule has 0 aromatic heterocycles. The number of carbonyl (C=O) groups is 1. The summed E-state index contributed by atoms with van der Waals surface area (Å²) in [5, 5.41) is 223. The van der Waals surface area contributed by atoms with Gasteiger partial charge in [-0.05, 0) is 97.7 Å². The molecule has 0 radical (unpaired) electrons. The molecule has 0 unspecified atom stereocenters. The first kappa shape index (κ1) is 79.4. The van der Waals surface area contributed by atoms with Crippen molar-refractivity contribution in [2.24, 2.45) is 50.2 Å². The van der Waals surface area contributed by atoms with E-state index in [0.717, 1.165) is 5.57 Å². The molecular formula is C67H108O35. The summed E-state index contributed by atoms with van der Waals surface area (Å²) in [5.74, 6) is -2.11. The van der Waals surface area contributed by atoms with E-state index < -0.39 is 293 Å². The molecule has 7 aliphatic heterocycles. The Hall–Kier alpha value is -2.11. The normalized spacial score (nSPS) is 55.5. The van der Waals surface area contributed by atoms with Crippen LogP contribution in [0.15, 0.2) is 11.6 Å². The molecule has 12 rings (SSSR count). The zero-order chi connectivity index (χ0) is 74.3. The number of carbonyl (C=O) groups excluding carboxylic acids is 1. The maximum atomic E-state index is 15.8. The van der Waals surface area contributed by atoms with E-state index in [4.69, 9.17) is 66.3 Å². The summed E-state index contributed by atoms with van der Waals surface area (Å²) in [6.07, 6.45) is -45.3. The molecule has 35 heteroatoms. The molecule has 586 valence electrons. The fourth-order valence-electron chi connectivity index (χ4n) is 19.8. The highest BCUT2D eigenvalue weighted by molar-refractivity contribution is 5.80. The molecule has 0 amide bonds. The molecule has 5 aliphatic carbocycles. The summed E-state index contributed by atoms with van der Waals surface area (Å²) >= 11 is 0. The third kappa shape index (κ3) is 13.2. The van der Waals surface area contributed by atoms with Crippen LogP contribution in [-0.4, -0.2) is 357 Å². The second-order valence-electron chi connectivity index (χ2n) is 32.8. The van der Waals surface area contributed by atoms with Gasteiger partial charge in [-0.3, -0.25) is 4.79 Å². The predicted molar refractivity (Wildman–Crippen MR) is 333 cm³/mol. The van der Waals surface area contributed by atoms with Crippen molar-refractivity contribution < 1.29 is 173 Å². The number of rotatable bonds is 18. The van der Waals surface area contributed by atoms with E-state index in [1.54, 1.807) is 6.92 Å². The van der Waals surface area contributed by atoms with Gasteiger partial charge in [0.2, 0.25) is 6.29 Å². The van der Waals surface area contributed by atoms with Crippen molar-refractivity contribution in [3.8, 4) is 0 Å². The van der Waals surface area contributed by atoms with Gasteiger partial charge < -0.3 is 168 Å². The topological polar surface area (TPSA) is 551 Å². The quantitative estimate of drug-likeness (QED) is 0.0344. The molecule has 0 bridgehead atoms. The molecule has 11 fully saturated rings. The van der Waals surface area contributed by atoms with Crippen LogP contribution in [0.3, 0.4) is 0 Å². The number of hydrogen-bond acceptors (Lipinski definition) is 35. The zero-order valence-electron chi connectivity index (χ0n) is 58.1. The third-order valence-corrected chi connectivity index (χ3v) is 26.1. The summed E-state index contributed by atoms with van der Waals surface area (Å²) < 4.78 is 83.7. The number of hydrogen-bond donors (Lipinski definition) is 20. The molecule has 0 aromatic carbocycles. The van der Waals surface area contributed by atoms with Crippen LogP contribution in [0.4, 0.5) is 0 Å². The third-order valence-electron chi connectivity index (χ3n) is 26.1.